The first-order valence-electron chi connectivity index (χ1n) is 12.5. The Balaban J connectivity index is 1.25. The first kappa shape index (κ1) is 25.8. The van der Waals surface area contributed by atoms with Gasteiger partial charge in [0.05, 0.1) is 23.1 Å². The number of fused-ring (bicyclic) bond motifs is 2. The molecule has 0 spiro atoms. The highest BCUT2D eigenvalue weighted by atomic mass is 19.4. The van der Waals surface area contributed by atoms with Crippen molar-refractivity contribution >= 4 is 17.6 Å². The molecule has 1 amide bonds. The van der Waals surface area contributed by atoms with E-state index in [1.54, 1.807) is 35.0 Å². The number of nitrogen functional groups attached to an aromatic ring is 1. The number of carbonyl (C=O) groups excluding carboxylic acids is 1. The van der Waals surface area contributed by atoms with Gasteiger partial charge in [0, 0.05) is 17.0 Å². The van der Waals surface area contributed by atoms with E-state index in [2.05, 4.69) is 21.6 Å². The molecular formula is C27H29F3N6O2. The summed E-state index contributed by atoms with van der Waals surface area (Å²) in [6.45, 7) is 5.83. The number of nitrogens with one attached hydrogen (secondary N) is 1. The van der Waals surface area contributed by atoms with Crippen molar-refractivity contribution in [2.24, 2.45) is 5.41 Å². The number of nitrogens with zero attached hydrogens (tertiary/aromatic N) is 4. The van der Waals surface area contributed by atoms with Gasteiger partial charge < -0.3 is 10.3 Å². The van der Waals surface area contributed by atoms with Crippen LogP contribution >= 0.6 is 0 Å². The Morgan fingerprint density at radius 1 is 1.18 bits per heavy atom. The third-order valence-electron chi connectivity index (χ3n) is 8.02. The predicted octanol–water partition coefficient (Wildman–Crippen LogP) is 5.69. The van der Waals surface area contributed by atoms with E-state index in [9.17, 15) is 23.2 Å². The zero-order valence-electron chi connectivity index (χ0n) is 21.4. The third kappa shape index (κ3) is 4.22. The molecule has 1 aromatic carbocycles. The van der Waals surface area contributed by atoms with Gasteiger partial charge in [-0.05, 0) is 58.4 Å². The zero-order valence-corrected chi connectivity index (χ0v) is 21.4. The van der Waals surface area contributed by atoms with Crippen LogP contribution in [0.3, 0.4) is 0 Å². The second-order valence-electron chi connectivity index (χ2n) is 11.5. The summed E-state index contributed by atoms with van der Waals surface area (Å²) >= 11 is 0. The van der Waals surface area contributed by atoms with Gasteiger partial charge in [0.15, 0.2) is 0 Å². The van der Waals surface area contributed by atoms with Crippen molar-refractivity contribution in [2.45, 2.75) is 76.4 Å². The van der Waals surface area contributed by atoms with Crippen LogP contribution in [0, 0.1) is 16.7 Å². The molecule has 3 aromatic rings. The van der Waals surface area contributed by atoms with Crippen molar-refractivity contribution in [3.63, 3.8) is 0 Å². The van der Waals surface area contributed by atoms with Gasteiger partial charge in [-0.25, -0.2) is 4.68 Å². The Morgan fingerprint density at radius 2 is 1.84 bits per heavy atom. The lowest BCUT2D eigenvalue weighted by atomic mass is 9.80. The van der Waals surface area contributed by atoms with Crippen LogP contribution in [0.15, 0.2) is 34.9 Å². The summed E-state index contributed by atoms with van der Waals surface area (Å²) in [4.78, 5) is 12.6. The number of nitrogens with two attached hydrogens (primary N) is 1. The molecule has 11 heteroatoms. The molecule has 2 aliphatic carbocycles. The highest BCUT2D eigenvalue weighted by Crippen LogP contribution is 2.67. The van der Waals surface area contributed by atoms with Crippen LogP contribution in [0.4, 0.5) is 24.9 Å². The zero-order chi connectivity index (χ0) is 27.5. The van der Waals surface area contributed by atoms with Crippen LogP contribution in [0.1, 0.15) is 69.7 Å². The lowest BCUT2D eigenvalue weighted by molar-refractivity contribution is -0.220. The van der Waals surface area contributed by atoms with Crippen LogP contribution in [0.2, 0.25) is 0 Å². The Labute approximate surface area is 218 Å². The highest BCUT2D eigenvalue weighted by molar-refractivity contribution is 5.91. The number of amides is 1. The molecule has 0 saturated heterocycles. The van der Waals surface area contributed by atoms with Crippen LogP contribution in [-0.2, 0) is 22.2 Å². The topological polar surface area (TPSA) is 123 Å². The molecule has 2 fully saturated rings. The second-order valence-corrected chi connectivity index (χ2v) is 11.5. The molecule has 5 rings (SSSR count). The summed E-state index contributed by atoms with van der Waals surface area (Å²) in [6, 6.07) is 10.8. The number of aromatic nitrogens is 3. The predicted molar refractivity (Wildman–Crippen MR) is 134 cm³/mol. The molecule has 0 atom stereocenters. The van der Waals surface area contributed by atoms with E-state index in [1.807, 2.05) is 20.8 Å². The van der Waals surface area contributed by atoms with Crippen molar-refractivity contribution in [3.8, 4) is 17.3 Å². The van der Waals surface area contributed by atoms with Crippen molar-refractivity contribution in [3.05, 3.63) is 47.2 Å². The number of nitriles is 1. The maximum Gasteiger partial charge on any atom is 0.394 e. The van der Waals surface area contributed by atoms with E-state index in [0.29, 0.717) is 46.7 Å². The molecule has 2 bridgehead atoms. The van der Waals surface area contributed by atoms with Gasteiger partial charge in [0.2, 0.25) is 11.8 Å². The first-order chi connectivity index (χ1) is 17.8. The summed E-state index contributed by atoms with van der Waals surface area (Å²) in [7, 11) is 0. The molecule has 0 unspecified atom stereocenters. The fourth-order valence-corrected chi connectivity index (χ4v) is 5.93. The number of anilines is 2. The van der Waals surface area contributed by atoms with E-state index in [0.717, 1.165) is 0 Å². The largest absolute Gasteiger partial charge is 0.394 e. The first-order valence-corrected chi connectivity index (χ1v) is 12.5. The minimum Gasteiger partial charge on any atom is -0.383 e. The van der Waals surface area contributed by atoms with Crippen LogP contribution in [0.5, 0.6) is 0 Å². The number of benzene rings is 1. The lowest BCUT2D eigenvalue weighted by Gasteiger charge is -2.29. The molecule has 2 heterocycles. The minimum absolute atomic E-state index is 0.0168. The Bertz CT molecular complexity index is 1410. The lowest BCUT2D eigenvalue weighted by Crippen LogP contribution is -2.33. The SMILES string of the molecule is CC(C)(C)n1nc(-c2ccc(CC(=O)Nc3cc(C45CCC(C(F)(F)F)(CC4)C5)no3)cc2)c(C#N)c1N. The number of halogens is 3. The van der Waals surface area contributed by atoms with Crippen molar-refractivity contribution in [1.29, 1.82) is 5.26 Å². The van der Waals surface area contributed by atoms with Gasteiger partial charge in [-0.2, -0.15) is 23.5 Å². The van der Waals surface area contributed by atoms with Gasteiger partial charge in [-0.3, -0.25) is 10.1 Å². The van der Waals surface area contributed by atoms with E-state index in [4.69, 9.17) is 10.3 Å². The standard InChI is InChI=1S/C27H29F3N6O2/c1-24(2,3)36-23(32)18(14-31)22(34-36)17-6-4-16(5-7-17)12-20(37)33-21-13-19(35-38-21)25-8-10-26(15-25,11-9-25)27(28,29)30/h4-7,13H,8-12,15,32H2,1-3H3,(H,33,37). The van der Waals surface area contributed by atoms with E-state index >= 15 is 0 Å². The molecule has 2 saturated carbocycles. The molecule has 200 valence electrons. The van der Waals surface area contributed by atoms with Crippen molar-refractivity contribution < 1.29 is 22.5 Å². The number of hydrogen-bond acceptors (Lipinski definition) is 6. The van der Waals surface area contributed by atoms with Crippen molar-refractivity contribution in [1.82, 2.24) is 14.9 Å². The summed E-state index contributed by atoms with van der Waals surface area (Å²) in [5, 5.41) is 20.8. The molecule has 0 aliphatic heterocycles. The number of alkyl halides is 3. The maximum atomic E-state index is 13.6. The van der Waals surface area contributed by atoms with E-state index in [1.165, 1.54) is 0 Å². The fraction of sp³-hybridized carbons (Fsp3) is 0.481. The molecule has 3 N–H and O–H groups in total. The number of rotatable bonds is 5. The minimum atomic E-state index is -4.23. The van der Waals surface area contributed by atoms with Gasteiger partial charge >= 0.3 is 6.18 Å². The average Bonchev–Trinajstić information content (AvgIpc) is 3.61. The monoisotopic (exact) mass is 526 g/mol. The smallest absolute Gasteiger partial charge is 0.383 e. The van der Waals surface area contributed by atoms with Gasteiger partial charge in [-0.15, -0.1) is 0 Å². The molecule has 2 aliphatic rings. The summed E-state index contributed by atoms with van der Waals surface area (Å²) in [6.07, 6.45) is -3.15. The average molecular weight is 527 g/mol. The van der Waals surface area contributed by atoms with Gasteiger partial charge in [0.1, 0.15) is 23.1 Å². The Morgan fingerprint density at radius 3 is 2.39 bits per heavy atom. The van der Waals surface area contributed by atoms with Gasteiger partial charge in [-0.1, -0.05) is 29.4 Å². The molecule has 8 nitrogen and oxygen atoms in total. The molecule has 0 radical (unpaired) electrons. The molecule has 38 heavy (non-hydrogen) atoms. The van der Waals surface area contributed by atoms with E-state index < -0.39 is 22.5 Å². The summed E-state index contributed by atoms with van der Waals surface area (Å²) in [5.74, 6) is 0.0670. The van der Waals surface area contributed by atoms with Crippen LogP contribution < -0.4 is 11.1 Å². The summed E-state index contributed by atoms with van der Waals surface area (Å²) < 4.78 is 47.7. The highest BCUT2D eigenvalue weighted by Gasteiger charge is 2.67. The molecule has 2 aromatic heterocycles. The summed E-state index contributed by atoms with van der Waals surface area (Å²) in [5.41, 5.74) is 6.13. The molecular weight excluding hydrogens is 497 g/mol. The van der Waals surface area contributed by atoms with Crippen LogP contribution in [-0.4, -0.2) is 27.0 Å². The normalized spacial score (nSPS) is 23.0. The van der Waals surface area contributed by atoms with Gasteiger partial charge in [0.25, 0.3) is 0 Å². The van der Waals surface area contributed by atoms with E-state index in [-0.39, 0.29) is 37.5 Å². The Hall–Kier alpha value is -3.81. The fourth-order valence-electron chi connectivity index (χ4n) is 5.93. The quantitative estimate of drug-likeness (QED) is 0.440. The second kappa shape index (κ2) is 8.61. The third-order valence-corrected chi connectivity index (χ3v) is 8.02. The Kier molecular flexibility index (Phi) is 5.85. The van der Waals surface area contributed by atoms with Crippen molar-refractivity contribution in [2.75, 3.05) is 11.1 Å². The van der Waals surface area contributed by atoms with Crippen LogP contribution in [0.25, 0.3) is 11.3 Å². The maximum absolute atomic E-state index is 13.6. The number of hydrogen-bond donors (Lipinski definition) is 2. The number of carbonyl (C=O) groups is 1.